The van der Waals surface area contributed by atoms with Gasteiger partial charge in [0.1, 0.15) is 11.4 Å². The molecule has 10 nitrogen and oxygen atoms in total. The molecule has 0 radical (unpaired) electrons. The van der Waals surface area contributed by atoms with Gasteiger partial charge in [0.05, 0.1) is 5.69 Å². The zero-order valence-corrected chi connectivity index (χ0v) is 25.2. The van der Waals surface area contributed by atoms with Crippen molar-refractivity contribution < 1.29 is 19.1 Å². The van der Waals surface area contributed by atoms with E-state index in [0.29, 0.717) is 48.7 Å². The standard InChI is InChI=1S/C35H34N6O4/c1-36-24-9-7-22(8-10-24)33(42)37-25-11-12-29-23(19-25)20-30(38-29)34(43)41-14-13-27-26-5-3-4-6-28(26)32(21-31(27)41)45-35(44)40-17-15-39(2)16-18-40/h3-12,19-21,36,38H,13-18H2,1-2H3,(H,37,42). The molecule has 3 amide bonds. The van der Waals surface area contributed by atoms with Gasteiger partial charge < -0.3 is 35.1 Å². The van der Waals surface area contributed by atoms with Gasteiger partial charge in [-0.25, -0.2) is 4.79 Å². The number of anilines is 3. The lowest BCUT2D eigenvalue weighted by Gasteiger charge is -2.31. The molecule has 7 rings (SSSR count). The van der Waals surface area contributed by atoms with Crippen LogP contribution in [0.15, 0.2) is 78.9 Å². The second-order valence-electron chi connectivity index (χ2n) is 11.5. The molecule has 1 fully saturated rings. The average molecular weight is 603 g/mol. The highest BCUT2D eigenvalue weighted by Gasteiger charge is 2.30. The first-order valence-electron chi connectivity index (χ1n) is 15.1. The molecule has 0 bridgehead atoms. The molecular weight excluding hydrogens is 568 g/mol. The van der Waals surface area contributed by atoms with Crippen LogP contribution < -0.4 is 20.3 Å². The van der Waals surface area contributed by atoms with Crippen LogP contribution in [0.5, 0.6) is 5.75 Å². The molecule has 2 aliphatic heterocycles. The van der Waals surface area contributed by atoms with Gasteiger partial charge in [0.15, 0.2) is 0 Å². The molecule has 0 aliphatic carbocycles. The fraction of sp³-hybridized carbons (Fsp3) is 0.229. The number of nitrogens with one attached hydrogen (secondary N) is 3. The predicted molar refractivity (Wildman–Crippen MR) is 177 cm³/mol. The summed E-state index contributed by atoms with van der Waals surface area (Å²) in [7, 11) is 3.87. The number of aromatic amines is 1. The van der Waals surface area contributed by atoms with Gasteiger partial charge >= 0.3 is 6.09 Å². The number of ether oxygens (including phenoxy) is 1. The summed E-state index contributed by atoms with van der Waals surface area (Å²) in [5.74, 6) is 0.0613. The van der Waals surface area contributed by atoms with Crippen molar-refractivity contribution in [1.29, 1.82) is 0 Å². The van der Waals surface area contributed by atoms with E-state index in [0.717, 1.165) is 51.7 Å². The van der Waals surface area contributed by atoms with E-state index in [4.69, 9.17) is 4.74 Å². The average Bonchev–Trinajstić information content (AvgIpc) is 3.69. The summed E-state index contributed by atoms with van der Waals surface area (Å²) in [6.45, 7) is 3.32. The van der Waals surface area contributed by atoms with Crippen molar-refractivity contribution in [3.8, 4) is 5.75 Å². The maximum Gasteiger partial charge on any atom is 0.415 e. The smallest absolute Gasteiger partial charge is 0.409 e. The lowest BCUT2D eigenvalue weighted by atomic mass is 10.0. The second kappa shape index (κ2) is 11.6. The third-order valence-electron chi connectivity index (χ3n) is 8.72. The molecule has 5 aromatic rings. The van der Waals surface area contributed by atoms with Gasteiger partial charge in [-0.2, -0.15) is 0 Å². The van der Waals surface area contributed by atoms with Crippen molar-refractivity contribution in [1.82, 2.24) is 14.8 Å². The number of aromatic nitrogens is 1. The largest absolute Gasteiger partial charge is 0.415 e. The van der Waals surface area contributed by atoms with Gasteiger partial charge in [0.25, 0.3) is 11.8 Å². The van der Waals surface area contributed by atoms with Crippen molar-refractivity contribution in [3.63, 3.8) is 0 Å². The summed E-state index contributed by atoms with van der Waals surface area (Å²) in [6.07, 6.45) is 0.317. The maximum absolute atomic E-state index is 13.9. The molecule has 0 unspecified atom stereocenters. The van der Waals surface area contributed by atoms with E-state index in [1.807, 2.05) is 80.8 Å². The van der Waals surface area contributed by atoms with Crippen molar-refractivity contribution in [3.05, 3.63) is 95.7 Å². The molecule has 0 saturated carbocycles. The number of H-pyrrole nitrogens is 1. The summed E-state index contributed by atoms with van der Waals surface area (Å²) < 4.78 is 5.98. The number of piperazine rings is 1. The molecule has 1 saturated heterocycles. The first-order valence-corrected chi connectivity index (χ1v) is 15.1. The van der Waals surface area contributed by atoms with Gasteiger partial charge in [0, 0.05) is 79.1 Å². The molecule has 4 aromatic carbocycles. The minimum Gasteiger partial charge on any atom is -0.409 e. The Kier molecular flexibility index (Phi) is 7.34. The number of amides is 3. The molecule has 3 heterocycles. The Hall–Kier alpha value is -5.35. The highest BCUT2D eigenvalue weighted by atomic mass is 16.6. The number of likely N-dealkylation sites (N-methyl/N-ethyl adjacent to an activating group) is 1. The van der Waals surface area contributed by atoms with E-state index in [1.54, 1.807) is 21.9 Å². The normalized spacial score (nSPS) is 14.9. The molecule has 10 heteroatoms. The first-order chi connectivity index (χ1) is 21.9. The van der Waals surface area contributed by atoms with Crippen LogP contribution in [0.2, 0.25) is 0 Å². The zero-order valence-electron chi connectivity index (χ0n) is 25.2. The van der Waals surface area contributed by atoms with Crippen molar-refractivity contribution in [2.45, 2.75) is 6.42 Å². The van der Waals surface area contributed by atoms with Crippen LogP contribution in [-0.2, 0) is 6.42 Å². The quantitative estimate of drug-likeness (QED) is 0.243. The maximum atomic E-state index is 13.9. The minimum atomic E-state index is -0.377. The SMILES string of the molecule is CNc1ccc(C(=O)Nc2ccc3[nH]c(C(=O)N4CCc5c4cc(OC(=O)N4CCN(C)CC4)c4ccccc54)cc3c2)cc1. The summed E-state index contributed by atoms with van der Waals surface area (Å²) in [5, 5.41) is 8.62. The second-order valence-corrected chi connectivity index (χ2v) is 11.5. The molecule has 3 N–H and O–H groups in total. The summed E-state index contributed by atoms with van der Waals surface area (Å²) >= 11 is 0. The van der Waals surface area contributed by atoms with Crippen molar-refractivity contribution >= 4 is 56.6 Å². The molecular formula is C35H34N6O4. The van der Waals surface area contributed by atoms with Crippen molar-refractivity contribution in [2.24, 2.45) is 0 Å². The Morgan fingerprint density at radius 3 is 2.31 bits per heavy atom. The van der Waals surface area contributed by atoms with E-state index in [2.05, 4.69) is 20.5 Å². The molecule has 1 aromatic heterocycles. The third kappa shape index (κ3) is 5.44. The third-order valence-corrected chi connectivity index (χ3v) is 8.72. The van der Waals surface area contributed by atoms with Crippen LogP contribution in [0.25, 0.3) is 21.7 Å². The topological polar surface area (TPSA) is 110 Å². The van der Waals surface area contributed by atoms with Gasteiger partial charge in [-0.15, -0.1) is 0 Å². The Balaban J connectivity index is 1.14. The zero-order chi connectivity index (χ0) is 31.1. The number of rotatable bonds is 5. The first kappa shape index (κ1) is 28.4. The van der Waals surface area contributed by atoms with E-state index >= 15 is 0 Å². The highest BCUT2D eigenvalue weighted by Crippen LogP contribution is 2.41. The molecule has 0 spiro atoms. The van der Waals surface area contributed by atoms with Gasteiger partial charge in [-0.1, -0.05) is 24.3 Å². The number of carbonyl (C=O) groups is 3. The van der Waals surface area contributed by atoms with Gasteiger partial charge in [0.2, 0.25) is 0 Å². The van der Waals surface area contributed by atoms with Crippen LogP contribution in [-0.4, -0.2) is 79.5 Å². The van der Waals surface area contributed by atoms with E-state index < -0.39 is 0 Å². The van der Waals surface area contributed by atoms with Crippen LogP contribution in [0.1, 0.15) is 26.4 Å². The fourth-order valence-electron chi connectivity index (χ4n) is 6.14. The van der Waals surface area contributed by atoms with Crippen LogP contribution >= 0.6 is 0 Å². The van der Waals surface area contributed by atoms with Gasteiger partial charge in [-0.05, 0) is 72.9 Å². The molecule has 45 heavy (non-hydrogen) atoms. The van der Waals surface area contributed by atoms with Crippen LogP contribution in [0.3, 0.4) is 0 Å². The van der Waals surface area contributed by atoms with E-state index in [-0.39, 0.29) is 17.9 Å². The van der Waals surface area contributed by atoms with Crippen molar-refractivity contribution in [2.75, 3.05) is 62.4 Å². The number of hydrogen-bond acceptors (Lipinski definition) is 6. The van der Waals surface area contributed by atoms with Gasteiger partial charge in [-0.3, -0.25) is 9.59 Å². The lowest BCUT2D eigenvalue weighted by Crippen LogP contribution is -2.48. The number of benzene rings is 4. The predicted octanol–water partition coefficient (Wildman–Crippen LogP) is 5.56. The summed E-state index contributed by atoms with van der Waals surface area (Å²) in [4.78, 5) is 48.8. The fourth-order valence-corrected chi connectivity index (χ4v) is 6.14. The highest BCUT2D eigenvalue weighted by molar-refractivity contribution is 6.11. The monoisotopic (exact) mass is 602 g/mol. The van der Waals surface area contributed by atoms with Crippen LogP contribution in [0.4, 0.5) is 21.9 Å². The molecule has 0 atom stereocenters. The number of nitrogens with zero attached hydrogens (tertiary/aromatic N) is 3. The molecule has 228 valence electrons. The lowest BCUT2D eigenvalue weighted by molar-refractivity contribution is 0.0984. The number of fused-ring (bicyclic) bond motifs is 4. The molecule has 2 aliphatic rings. The number of hydrogen-bond donors (Lipinski definition) is 3. The summed E-state index contributed by atoms with van der Waals surface area (Å²) in [5.41, 5.74) is 5.13. The Morgan fingerprint density at radius 1 is 0.822 bits per heavy atom. The number of carbonyl (C=O) groups excluding carboxylic acids is 3. The van der Waals surface area contributed by atoms with Crippen LogP contribution in [0, 0.1) is 0 Å². The van der Waals surface area contributed by atoms with E-state index in [1.165, 1.54) is 0 Å². The Bertz CT molecular complexity index is 1940. The Labute approximate surface area is 260 Å². The summed E-state index contributed by atoms with van der Waals surface area (Å²) in [6, 6.07) is 24.3. The minimum absolute atomic E-state index is 0.174. The van der Waals surface area contributed by atoms with E-state index in [9.17, 15) is 14.4 Å². The Morgan fingerprint density at radius 2 is 1.56 bits per heavy atom.